The molecule has 8 heteroatoms. The van der Waals surface area contributed by atoms with Gasteiger partial charge in [0.15, 0.2) is 0 Å². The second-order valence-corrected chi connectivity index (χ2v) is 7.25. The number of hydrogen-bond donors (Lipinski definition) is 2. The summed E-state index contributed by atoms with van der Waals surface area (Å²) in [6, 6.07) is 5.08. The lowest BCUT2D eigenvalue weighted by atomic mass is 10.3. The van der Waals surface area contributed by atoms with Crippen LogP contribution >= 0.6 is 35.0 Å². The minimum absolute atomic E-state index is 0.197. The number of carbonyl (C=O) groups excluding carboxylic acids is 1. The van der Waals surface area contributed by atoms with Gasteiger partial charge in [-0.15, -0.1) is 5.10 Å². The van der Waals surface area contributed by atoms with E-state index in [2.05, 4.69) is 20.5 Å². The normalized spacial score (nSPS) is 15.6. The Morgan fingerprint density at radius 2 is 2.09 bits per heavy atom. The highest BCUT2D eigenvalue weighted by atomic mass is 35.5. The van der Waals surface area contributed by atoms with Gasteiger partial charge in [0.25, 0.3) is 0 Å². The highest BCUT2D eigenvalue weighted by molar-refractivity contribution is 8.00. The molecule has 5 nitrogen and oxygen atoms in total. The molecule has 1 aliphatic rings. The van der Waals surface area contributed by atoms with Crippen molar-refractivity contribution < 1.29 is 4.79 Å². The molecular formula is C14H14Cl2N4OS. The lowest BCUT2D eigenvalue weighted by Crippen LogP contribution is -2.22. The summed E-state index contributed by atoms with van der Waals surface area (Å²) in [6.07, 6.45) is 2.31. The molecule has 116 valence electrons. The molecule has 0 spiro atoms. The first-order chi connectivity index (χ1) is 10.5. The summed E-state index contributed by atoms with van der Waals surface area (Å²) in [4.78, 5) is 16.7. The zero-order valence-electron chi connectivity index (χ0n) is 11.8. The number of benzene rings is 1. The molecule has 0 saturated heterocycles. The van der Waals surface area contributed by atoms with E-state index in [1.54, 1.807) is 25.1 Å². The van der Waals surface area contributed by atoms with Crippen LogP contribution in [-0.4, -0.2) is 26.3 Å². The number of aromatic amines is 1. The summed E-state index contributed by atoms with van der Waals surface area (Å²) in [7, 11) is 0. The van der Waals surface area contributed by atoms with Gasteiger partial charge in [0.05, 0.1) is 21.0 Å². The average molecular weight is 357 g/mol. The number of amides is 1. The molecule has 1 heterocycles. The van der Waals surface area contributed by atoms with Gasteiger partial charge in [0, 0.05) is 5.92 Å². The third-order valence-corrected chi connectivity index (χ3v) is 4.90. The number of halogens is 2. The Hall–Kier alpha value is -1.24. The third kappa shape index (κ3) is 3.56. The van der Waals surface area contributed by atoms with Crippen LogP contribution in [0.1, 0.15) is 31.5 Å². The van der Waals surface area contributed by atoms with Gasteiger partial charge >= 0.3 is 0 Å². The lowest BCUT2D eigenvalue weighted by Gasteiger charge is -2.12. The Bertz CT molecular complexity index is 682. The maximum absolute atomic E-state index is 12.3. The van der Waals surface area contributed by atoms with Crippen molar-refractivity contribution in [3.63, 3.8) is 0 Å². The van der Waals surface area contributed by atoms with Gasteiger partial charge in [-0.2, -0.15) is 0 Å². The second-order valence-electron chi connectivity index (χ2n) is 5.12. The van der Waals surface area contributed by atoms with Crippen molar-refractivity contribution >= 4 is 46.6 Å². The summed E-state index contributed by atoms with van der Waals surface area (Å²) in [5.74, 6) is 1.22. The number of para-hydroxylation sites is 1. The number of aromatic nitrogens is 3. The molecule has 2 N–H and O–H groups in total. The van der Waals surface area contributed by atoms with E-state index in [9.17, 15) is 4.79 Å². The number of nitrogens with zero attached hydrogens (tertiary/aromatic N) is 2. The third-order valence-electron chi connectivity index (χ3n) is 3.31. The summed E-state index contributed by atoms with van der Waals surface area (Å²) in [5, 5.41) is 10.8. The Balaban J connectivity index is 1.63. The number of nitrogens with one attached hydrogen (secondary N) is 2. The summed E-state index contributed by atoms with van der Waals surface area (Å²) >= 11 is 13.4. The molecule has 1 aromatic carbocycles. The number of carbonyl (C=O) groups is 1. The molecule has 1 aliphatic carbocycles. The lowest BCUT2D eigenvalue weighted by molar-refractivity contribution is -0.115. The number of H-pyrrole nitrogens is 1. The maximum Gasteiger partial charge on any atom is 0.237 e. The fourth-order valence-corrected chi connectivity index (χ4v) is 3.13. The van der Waals surface area contributed by atoms with Gasteiger partial charge in [-0.25, -0.2) is 4.98 Å². The Labute approximate surface area is 142 Å². The van der Waals surface area contributed by atoms with Gasteiger partial charge in [-0.3, -0.25) is 9.89 Å². The van der Waals surface area contributed by atoms with E-state index in [0.717, 1.165) is 18.7 Å². The van der Waals surface area contributed by atoms with Crippen LogP contribution in [0.2, 0.25) is 10.0 Å². The monoisotopic (exact) mass is 356 g/mol. The summed E-state index contributed by atoms with van der Waals surface area (Å²) in [6.45, 7) is 1.79. The van der Waals surface area contributed by atoms with Crippen molar-refractivity contribution in [2.75, 3.05) is 5.32 Å². The van der Waals surface area contributed by atoms with Crippen LogP contribution in [0.25, 0.3) is 0 Å². The molecule has 0 radical (unpaired) electrons. The van der Waals surface area contributed by atoms with Crippen molar-refractivity contribution in [3.8, 4) is 0 Å². The highest BCUT2D eigenvalue weighted by Gasteiger charge is 2.28. The SMILES string of the molecule is CC(Sc1n[nH]c(C2CC2)n1)C(=O)Nc1c(Cl)cccc1Cl. The van der Waals surface area contributed by atoms with Gasteiger partial charge in [0.1, 0.15) is 5.82 Å². The Kier molecular flexibility index (Phi) is 4.61. The van der Waals surface area contributed by atoms with E-state index in [1.807, 2.05) is 0 Å². The second kappa shape index (κ2) is 6.48. The molecule has 1 unspecified atom stereocenters. The average Bonchev–Trinajstić information content (AvgIpc) is 3.23. The van der Waals surface area contributed by atoms with E-state index in [1.165, 1.54) is 11.8 Å². The highest BCUT2D eigenvalue weighted by Crippen LogP contribution is 2.38. The fourth-order valence-electron chi connectivity index (χ4n) is 1.90. The van der Waals surface area contributed by atoms with Crippen molar-refractivity contribution in [1.29, 1.82) is 0 Å². The van der Waals surface area contributed by atoms with Crippen LogP contribution in [0.5, 0.6) is 0 Å². The first kappa shape index (κ1) is 15.6. The van der Waals surface area contributed by atoms with Gasteiger partial charge in [-0.1, -0.05) is 41.0 Å². The van der Waals surface area contributed by atoms with Crippen LogP contribution < -0.4 is 5.32 Å². The topological polar surface area (TPSA) is 70.7 Å². The van der Waals surface area contributed by atoms with Gasteiger partial charge < -0.3 is 5.32 Å². The predicted molar refractivity (Wildman–Crippen MR) is 88.8 cm³/mol. The Morgan fingerprint density at radius 3 is 2.73 bits per heavy atom. The minimum Gasteiger partial charge on any atom is -0.323 e. The number of hydrogen-bond acceptors (Lipinski definition) is 4. The molecule has 3 rings (SSSR count). The largest absolute Gasteiger partial charge is 0.323 e. The molecule has 1 aromatic heterocycles. The van der Waals surface area contributed by atoms with Crippen LogP contribution in [0, 0.1) is 0 Å². The number of thioether (sulfide) groups is 1. The van der Waals surface area contributed by atoms with E-state index in [4.69, 9.17) is 23.2 Å². The summed E-state index contributed by atoms with van der Waals surface area (Å²) in [5.41, 5.74) is 0.428. The minimum atomic E-state index is -0.366. The van der Waals surface area contributed by atoms with E-state index >= 15 is 0 Å². The van der Waals surface area contributed by atoms with E-state index in [-0.39, 0.29) is 11.2 Å². The molecule has 0 bridgehead atoms. The first-order valence-corrected chi connectivity index (χ1v) is 8.52. The van der Waals surface area contributed by atoms with Gasteiger partial charge in [-0.05, 0) is 31.9 Å². The fraction of sp³-hybridized carbons (Fsp3) is 0.357. The van der Waals surface area contributed by atoms with Gasteiger partial charge in [0.2, 0.25) is 11.1 Å². The van der Waals surface area contributed by atoms with Crippen molar-refractivity contribution in [3.05, 3.63) is 34.1 Å². The molecule has 1 fully saturated rings. The standard InChI is InChI=1S/C14H14Cl2N4OS/c1-7(22-14-18-12(19-20-14)8-5-6-8)13(21)17-11-9(15)3-2-4-10(11)16/h2-4,7-8H,5-6H2,1H3,(H,17,21)(H,18,19,20). The van der Waals surface area contributed by atoms with Crippen LogP contribution in [0.4, 0.5) is 5.69 Å². The number of rotatable bonds is 5. The molecule has 1 amide bonds. The van der Waals surface area contributed by atoms with Crippen LogP contribution in [0.15, 0.2) is 23.4 Å². The zero-order chi connectivity index (χ0) is 15.7. The first-order valence-electron chi connectivity index (χ1n) is 6.88. The molecule has 1 atom stereocenters. The van der Waals surface area contributed by atoms with E-state index in [0.29, 0.717) is 26.8 Å². The molecule has 22 heavy (non-hydrogen) atoms. The molecule has 1 saturated carbocycles. The van der Waals surface area contributed by atoms with Crippen molar-refractivity contribution in [2.24, 2.45) is 0 Å². The van der Waals surface area contributed by atoms with E-state index < -0.39 is 0 Å². The van der Waals surface area contributed by atoms with Crippen molar-refractivity contribution in [2.45, 2.75) is 36.1 Å². The van der Waals surface area contributed by atoms with Crippen LogP contribution in [-0.2, 0) is 4.79 Å². The van der Waals surface area contributed by atoms with Crippen LogP contribution in [0.3, 0.4) is 0 Å². The zero-order valence-corrected chi connectivity index (χ0v) is 14.1. The predicted octanol–water partition coefficient (Wildman–Crippen LogP) is 4.11. The maximum atomic E-state index is 12.3. The van der Waals surface area contributed by atoms with Crippen molar-refractivity contribution in [1.82, 2.24) is 15.2 Å². The quantitative estimate of drug-likeness (QED) is 0.790. The Morgan fingerprint density at radius 1 is 1.41 bits per heavy atom. The summed E-state index contributed by atoms with van der Waals surface area (Å²) < 4.78 is 0. The molecule has 0 aliphatic heterocycles. The number of anilines is 1. The molecule has 2 aromatic rings. The molecular weight excluding hydrogens is 343 g/mol. The smallest absolute Gasteiger partial charge is 0.237 e.